The number of carbonyl (C=O) groups excluding carboxylic acids is 1. The van der Waals surface area contributed by atoms with Gasteiger partial charge in [0.05, 0.1) is 22.3 Å². The van der Waals surface area contributed by atoms with E-state index in [1.165, 1.54) is 12.1 Å². The molecule has 3 nitrogen and oxygen atoms in total. The molecule has 0 N–H and O–H groups in total. The van der Waals surface area contributed by atoms with Gasteiger partial charge in [-0.25, -0.2) is 8.78 Å². The highest BCUT2D eigenvalue weighted by atomic mass is 35.5. The second kappa shape index (κ2) is 11.1. The Morgan fingerprint density at radius 3 is 2.52 bits per heavy atom. The summed E-state index contributed by atoms with van der Waals surface area (Å²) in [5, 5.41) is 0.728. The zero-order valence-corrected chi connectivity index (χ0v) is 20.4. The molecule has 0 bridgehead atoms. The van der Waals surface area contributed by atoms with Gasteiger partial charge in [0.25, 0.3) is 0 Å². The molecular formula is C25H24Cl2F2N2OS. The molecule has 1 atom stereocenters. The highest BCUT2D eigenvalue weighted by Crippen LogP contribution is 2.38. The van der Waals surface area contributed by atoms with Crippen molar-refractivity contribution in [1.82, 2.24) is 4.90 Å². The van der Waals surface area contributed by atoms with Gasteiger partial charge in [-0.3, -0.25) is 9.69 Å². The van der Waals surface area contributed by atoms with E-state index in [-0.39, 0.29) is 11.8 Å². The van der Waals surface area contributed by atoms with Gasteiger partial charge in [0, 0.05) is 49.2 Å². The first-order chi connectivity index (χ1) is 15.9. The van der Waals surface area contributed by atoms with Crippen LogP contribution in [0.3, 0.4) is 0 Å². The Morgan fingerprint density at radius 1 is 1.09 bits per heavy atom. The van der Waals surface area contributed by atoms with Crippen molar-refractivity contribution in [3.8, 4) is 11.8 Å². The Morgan fingerprint density at radius 2 is 1.82 bits per heavy atom. The molecule has 0 aliphatic carbocycles. The fourth-order valence-electron chi connectivity index (χ4n) is 4.20. The van der Waals surface area contributed by atoms with Crippen LogP contribution in [0.25, 0.3) is 0 Å². The molecule has 2 heterocycles. The molecule has 2 aliphatic heterocycles. The number of benzene rings is 2. The maximum atomic E-state index is 14.1. The van der Waals surface area contributed by atoms with Crippen molar-refractivity contribution in [2.24, 2.45) is 5.92 Å². The van der Waals surface area contributed by atoms with Crippen LogP contribution in [0, 0.1) is 29.4 Å². The Kier molecular flexibility index (Phi) is 8.19. The molecule has 2 saturated heterocycles. The fraction of sp³-hybridized carbons (Fsp3) is 0.400. The summed E-state index contributed by atoms with van der Waals surface area (Å²) in [5.41, 5.74) is 1.60. The molecule has 2 fully saturated rings. The van der Waals surface area contributed by atoms with Crippen molar-refractivity contribution < 1.29 is 13.6 Å². The van der Waals surface area contributed by atoms with E-state index in [1.807, 2.05) is 11.8 Å². The van der Waals surface area contributed by atoms with E-state index in [0.29, 0.717) is 59.2 Å². The highest BCUT2D eigenvalue weighted by molar-refractivity contribution is 7.99. The minimum absolute atomic E-state index is 0.0111. The normalized spacial score (nSPS) is 19.3. The third kappa shape index (κ3) is 6.22. The minimum atomic E-state index is -0.603. The summed E-state index contributed by atoms with van der Waals surface area (Å²) in [7, 11) is 0. The lowest BCUT2D eigenvalue weighted by Crippen LogP contribution is -2.41. The van der Waals surface area contributed by atoms with E-state index >= 15 is 0 Å². The van der Waals surface area contributed by atoms with Crippen LogP contribution in [-0.4, -0.2) is 48.5 Å². The van der Waals surface area contributed by atoms with Gasteiger partial charge in [0.2, 0.25) is 5.91 Å². The summed E-state index contributed by atoms with van der Waals surface area (Å²) in [5.74, 6) is 7.34. The molecule has 2 aliphatic rings. The lowest BCUT2D eigenvalue weighted by molar-refractivity contribution is -0.120. The second-order valence-electron chi connectivity index (χ2n) is 8.33. The highest BCUT2D eigenvalue weighted by Gasteiger charge is 2.30. The van der Waals surface area contributed by atoms with Crippen LogP contribution in [0.15, 0.2) is 30.3 Å². The summed E-state index contributed by atoms with van der Waals surface area (Å²) in [4.78, 5) is 16.6. The van der Waals surface area contributed by atoms with Crippen molar-refractivity contribution in [2.75, 3.05) is 42.6 Å². The fourth-order valence-corrected chi connectivity index (χ4v) is 5.87. The zero-order chi connectivity index (χ0) is 23.4. The summed E-state index contributed by atoms with van der Waals surface area (Å²) in [6.07, 6.45) is 1.35. The number of amides is 1. The summed E-state index contributed by atoms with van der Waals surface area (Å²) < 4.78 is 27.3. The third-order valence-corrected chi connectivity index (χ3v) is 7.48. The molecule has 2 aromatic carbocycles. The topological polar surface area (TPSA) is 23.6 Å². The van der Waals surface area contributed by atoms with E-state index in [9.17, 15) is 13.6 Å². The first kappa shape index (κ1) is 24.3. The lowest BCUT2D eigenvalue weighted by atomic mass is 9.90. The second-order valence-corrected chi connectivity index (χ2v) is 10.4. The van der Waals surface area contributed by atoms with Crippen molar-refractivity contribution >= 4 is 46.6 Å². The average molecular weight is 509 g/mol. The monoisotopic (exact) mass is 508 g/mol. The predicted molar refractivity (Wildman–Crippen MR) is 132 cm³/mol. The van der Waals surface area contributed by atoms with Gasteiger partial charge in [-0.1, -0.05) is 41.1 Å². The number of hydrogen-bond acceptors (Lipinski definition) is 3. The van der Waals surface area contributed by atoms with Crippen LogP contribution >= 0.6 is 35.0 Å². The molecule has 0 saturated carbocycles. The molecular weight excluding hydrogens is 485 g/mol. The van der Waals surface area contributed by atoms with E-state index in [0.717, 1.165) is 30.7 Å². The number of anilines is 1. The molecule has 33 heavy (non-hydrogen) atoms. The molecule has 0 aromatic heterocycles. The molecule has 0 radical (unpaired) electrons. The van der Waals surface area contributed by atoms with Crippen molar-refractivity contribution in [1.29, 1.82) is 0 Å². The lowest BCUT2D eigenvalue weighted by Gasteiger charge is -2.34. The Hall–Kier alpha value is -1.78. The number of piperidine rings is 1. The van der Waals surface area contributed by atoms with Gasteiger partial charge in [-0.2, -0.15) is 11.8 Å². The molecule has 4 rings (SSSR count). The average Bonchev–Trinajstić information content (AvgIpc) is 2.78. The summed E-state index contributed by atoms with van der Waals surface area (Å²) in [6.45, 7) is 3.15. The minimum Gasteiger partial charge on any atom is -0.309 e. The maximum Gasteiger partial charge on any atom is 0.227 e. The van der Waals surface area contributed by atoms with Crippen LogP contribution in [0.2, 0.25) is 10.0 Å². The number of carbonyl (C=O) groups is 1. The number of hydrogen-bond donors (Lipinski definition) is 0. The third-order valence-electron chi connectivity index (χ3n) is 5.96. The smallest absolute Gasteiger partial charge is 0.227 e. The quantitative estimate of drug-likeness (QED) is 0.498. The van der Waals surface area contributed by atoms with E-state index in [4.69, 9.17) is 23.2 Å². The Bertz CT molecular complexity index is 1070. The van der Waals surface area contributed by atoms with Gasteiger partial charge in [0.1, 0.15) is 11.6 Å². The molecule has 174 valence electrons. The van der Waals surface area contributed by atoms with Crippen LogP contribution in [-0.2, 0) is 11.2 Å². The molecule has 2 aromatic rings. The van der Waals surface area contributed by atoms with Crippen LogP contribution in [0.1, 0.15) is 24.0 Å². The standard InChI is InChI=1S/C25H24Cl2F2N2OS/c26-21-13-17(2-1-7-30-8-10-33-11-9-30)14-22(27)25(21)31-16-18(3-6-24(31)32)12-19-4-5-20(28)15-23(19)29/h4-5,13-15,18H,3,6-12,16H2. The predicted octanol–water partition coefficient (Wildman–Crippen LogP) is 5.66. The van der Waals surface area contributed by atoms with Crippen LogP contribution in [0.5, 0.6) is 0 Å². The molecule has 0 spiro atoms. The number of thioether (sulfide) groups is 1. The van der Waals surface area contributed by atoms with Crippen LogP contribution in [0.4, 0.5) is 14.5 Å². The summed E-state index contributed by atoms with van der Waals surface area (Å²) >= 11 is 15.1. The first-order valence-electron chi connectivity index (χ1n) is 10.9. The molecule has 1 amide bonds. The van der Waals surface area contributed by atoms with Crippen molar-refractivity contribution in [3.63, 3.8) is 0 Å². The SMILES string of the molecule is O=C1CCC(Cc2ccc(F)cc2F)CN1c1c(Cl)cc(C#CCN2CCSCC2)cc1Cl. The van der Waals surface area contributed by atoms with Gasteiger partial charge in [-0.15, -0.1) is 0 Å². The largest absolute Gasteiger partial charge is 0.309 e. The van der Waals surface area contributed by atoms with E-state index in [1.54, 1.807) is 17.0 Å². The van der Waals surface area contributed by atoms with Gasteiger partial charge in [0.15, 0.2) is 0 Å². The van der Waals surface area contributed by atoms with Gasteiger partial charge >= 0.3 is 0 Å². The number of halogens is 4. The van der Waals surface area contributed by atoms with E-state index < -0.39 is 11.6 Å². The Labute approximate surface area is 207 Å². The number of rotatable bonds is 4. The van der Waals surface area contributed by atoms with Gasteiger partial charge in [-0.05, 0) is 42.5 Å². The molecule has 1 unspecified atom stereocenters. The maximum absolute atomic E-state index is 14.1. The van der Waals surface area contributed by atoms with Gasteiger partial charge < -0.3 is 4.90 Å². The van der Waals surface area contributed by atoms with Crippen LogP contribution < -0.4 is 4.90 Å². The van der Waals surface area contributed by atoms with E-state index in [2.05, 4.69) is 16.7 Å². The van der Waals surface area contributed by atoms with Crippen molar-refractivity contribution in [2.45, 2.75) is 19.3 Å². The van der Waals surface area contributed by atoms with Crippen molar-refractivity contribution in [3.05, 3.63) is 63.1 Å². The Balaban J connectivity index is 1.48. The summed E-state index contributed by atoms with van der Waals surface area (Å²) in [6, 6.07) is 7.07. The molecule has 8 heteroatoms. The zero-order valence-electron chi connectivity index (χ0n) is 18.1. The first-order valence-corrected chi connectivity index (χ1v) is 12.8. The number of nitrogens with zero attached hydrogens (tertiary/aromatic N) is 2.